The number of benzene rings is 1. The summed E-state index contributed by atoms with van der Waals surface area (Å²) in [4.78, 5) is 11.5. The highest BCUT2D eigenvalue weighted by Gasteiger charge is 2.24. The second-order valence-electron chi connectivity index (χ2n) is 5.04. The predicted molar refractivity (Wildman–Crippen MR) is 68.3 cm³/mol. The van der Waals surface area contributed by atoms with Crippen LogP contribution in [0.5, 0.6) is 0 Å². The maximum Gasteiger partial charge on any atom is 0.239 e. The van der Waals surface area contributed by atoms with Gasteiger partial charge in [-0.3, -0.25) is 10.1 Å². The average molecular weight is 268 g/mol. The van der Waals surface area contributed by atoms with Crippen molar-refractivity contribution < 1.29 is 13.6 Å². The summed E-state index contributed by atoms with van der Waals surface area (Å²) in [5, 5.41) is 3.12. The normalized spacial score (nSPS) is 18.2. The van der Waals surface area contributed by atoms with E-state index in [4.69, 9.17) is 5.73 Å². The fourth-order valence-electron chi connectivity index (χ4n) is 2.59. The van der Waals surface area contributed by atoms with Gasteiger partial charge in [0.25, 0.3) is 0 Å². The lowest BCUT2D eigenvalue weighted by atomic mass is 9.94. The van der Waals surface area contributed by atoms with Crippen molar-refractivity contribution >= 4 is 5.91 Å². The fourth-order valence-corrected chi connectivity index (χ4v) is 2.59. The maximum absolute atomic E-state index is 13.2. The molecule has 1 unspecified atom stereocenters. The Morgan fingerprint density at radius 1 is 1.16 bits per heavy atom. The quantitative estimate of drug-likeness (QED) is 0.881. The smallest absolute Gasteiger partial charge is 0.239 e. The van der Waals surface area contributed by atoms with Crippen molar-refractivity contribution in [2.75, 3.05) is 0 Å². The molecule has 2 rings (SSSR count). The van der Waals surface area contributed by atoms with Crippen LogP contribution < -0.4 is 11.1 Å². The number of hydrogen-bond acceptors (Lipinski definition) is 2. The molecule has 5 heteroatoms. The van der Waals surface area contributed by atoms with Gasteiger partial charge in [-0.25, -0.2) is 8.78 Å². The van der Waals surface area contributed by atoms with Crippen LogP contribution in [0.3, 0.4) is 0 Å². The molecule has 19 heavy (non-hydrogen) atoms. The van der Waals surface area contributed by atoms with Gasteiger partial charge in [0.1, 0.15) is 17.7 Å². The second kappa shape index (κ2) is 6.10. The van der Waals surface area contributed by atoms with Gasteiger partial charge in [-0.05, 0) is 30.5 Å². The summed E-state index contributed by atoms with van der Waals surface area (Å²) in [6.45, 7) is 0. The Hall–Kier alpha value is -1.49. The summed E-state index contributed by atoms with van der Waals surface area (Å²) in [5.74, 6) is -2.02. The highest BCUT2D eigenvalue weighted by Crippen LogP contribution is 2.22. The first-order valence-electron chi connectivity index (χ1n) is 6.57. The van der Waals surface area contributed by atoms with Crippen LogP contribution >= 0.6 is 0 Å². The number of primary amides is 1. The number of carbonyl (C=O) groups excluding carboxylic acids is 1. The van der Waals surface area contributed by atoms with E-state index in [2.05, 4.69) is 5.32 Å². The van der Waals surface area contributed by atoms with E-state index in [0.717, 1.165) is 43.9 Å². The lowest BCUT2D eigenvalue weighted by Gasteiger charge is -2.27. The molecule has 3 nitrogen and oxygen atoms in total. The number of carbonyl (C=O) groups is 1. The number of rotatable bonds is 4. The van der Waals surface area contributed by atoms with Crippen molar-refractivity contribution in [1.82, 2.24) is 5.32 Å². The maximum atomic E-state index is 13.2. The molecule has 1 aromatic rings. The first-order chi connectivity index (χ1) is 9.06. The van der Waals surface area contributed by atoms with Crippen LogP contribution in [0.15, 0.2) is 18.2 Å². The Labute approximate surface area is 111 Å². The van der Waals surface area contributed by atoms with E-state index in [9.17, 15) is 13.6 Å². The molecule has 1 amide bonds. The zero-order valence-electron chi connectivity index (χ0n) is 10.7. The van der Waals surface area contributed by atoms with E-state index in [1.807, 2.05) is 0 Å². The number of hydrogen-bond donors (Lipinski definition) is 2. The Morgan fingerprint density at radius 2 is 1.74 bits per heavy atom. The Balaban J connectivity index is 2.16. The lowest BCUT2D eigenvalue weighted by molar-refractivity contribution is -0.120. The van der Waals surface area contributed by atoms with Crippen molar-refractivity contribution in [3.63, 3.8) is 0 Å². The van der Waals surface area contributed by atoms with E-state index in [1.54, 1.807) is 0 Å². The number of nitrogens with one attached hydrogen (secondary N) is 1. The third-order valence-corrected chi connectivity index (χ3v) is 3.51. The molecule has 1 aromatic carbocycles. The van der Waals surface area contributed by atoms with Gasteiger partial charge in [-0.1, -0.05) is 19.3 Å². The van der Waals surface area contributed by atoms with Crippen LogP contribution in [0.4, 0.5) is 8.78 Å². The molecular formula is C14H18F2N2O. The van der Waals surface area contributed by atoms with Gasteiger partial charge in [0.05, 0.1) is 0 Å². The van der Waals surface area contributed by atoms with Crippen LogP contribution in [-0.2, 0) is 4.79 Å². The fraction of sp³-hybridized carbons (Fsp3) is 0.500. The number of nitrogens with two attached hydrogens (primary N) is 1. The van der Waals surface area contributed by atoms with E-state index in [0.29, 0.717) is 0 Å². The van der Waals surface area contributed by atoms with E-state index < -0.39 is 23.6 Å². The molecule has 1 aliphatic rings. The lowest BCUT2D eigenvalue weighted by Crippen LogP contribution is -2.41. The second-order valence-corrected chi connectivity index (χ2v) is 5.04. The van der Waals surface area contributed by atoms with Crippen molar-refractivity contribution in [3.8, 4) is 0 Å². The van der Waals surface area contributed by atoms with E-state index in [1.165, 1.54) is 6.42 Å². The van der Waals surface area contributed by atoms with Crippen LogP contribution in [-0.4, -0.2) is 11.9 Å². The zero-order chi connectivity index (χ0) is 13.8. The summed E-state index contributed by atoms with van der Waals surface area (Å²) < 4.78 is 26.4. The van der Waals surface area contributed by atoms with Crippen LogP contribution in [0.25, 0.3) is 0 Å². The summed E-state index contributed by atoms with van der Waals surface area (Å²) in [6.07, 6.45) is 5.30. The summed E-state index contributed by atoms with van der Waals surface area (Å²) in [7, 11) is 0. The Bertz CT molecular complexity index is 439. The minimum absolute atomic E-state index is 0.178. The SMILES string of the molecule is NC(=O)C(NC1CCCCC1)c1cc(F)cc(F)c1. The summed E-state index contributed by atoms with van der Waals surface area (Å²) in [5.41, 5.74) is 5.59. The zero-order valence-corrected chi connectivity index (χ0v) is 10.7. The molecule has 0 saturated heterocycles. The van der Waals surface area contributed by atoms with Crippen molar-refractivity contribution in [1.29, 1.82) is 0 Å². The topological polar surface area (TPSA) is 55.1 Å². The Morgan fingerprint density at radius 3 is 2.26 bits per heavy atom. The van der Waals surface area contributed by atoms with Gasteiger partial charge in [-0.2, -0.15) is 0 Å². The first-order valence-corrected chi connectivity index (χ1v) is 6.57. The molecule has 1 aliphatic carbocycles. The van der Waals surface area contributed by atoms with Crippen molar-refractivity contribution in [2.24, 2.45) is 5.73 Å². The van der Waals surface area contributed by atoms with Gasteiger partial charge in [0, 0.05) is 12.1 Å². The van der Waals surface area contributed by atoms with Gasteiger partial charge < -0.3 is 5.73 Å². The summed E-state index contributed by atoms with van der Waals surface area (Å²) in [6, 6.07) is 2.41. The van der Waals surface area contributed by atoms with Gasteiger partial charge >= 0.3 is 0 Å². The largest absolute Gasteiger partial charge is 0.368 e. The van der Waals surface area contributed by atoms with Crippen LogP contribution in [0.2, 0.25) is 0 Å². The molecule has 0 heterocycles. The number of halogens is 2. The predicted octanol–water partition coefficient (Wildman–Crippen LogP) is 2.41. The minimum atomic E-state index is -0.840. The van der Waals surface area contributed by atoms with E-state index in [-0.39, 0.29) is 11.6 Å². The molecule has 1 saturated carbocycles. The van der Waals surface area contributed by atoms with E-state index >= 15 is 0 Å². The third kappa shape index (κ3) is 3.73. The molecule has 0 aliphatic heterocycles. The van der Waals surface area contributed by atoms with Gasteiger partial charge in [0.2, 0.25) is 5.91 Å². The average Bonchev–Trinajstić information content (AvgIpc) is 2.35. The van der Waals surface area contributed by atoms with Crippen molar-refractivity contribution in [3.05, 3.63) is 35.4 Å². The highest BCUT2D eigenvalue weighted by atomic mass is 19.1. The third-order valence-electron chi connectivity index (χ3n) is 3.51. The molecule has 0 radical (unpaired) electrons. The van der Waals surface area contributed by atoms with Gasteiger partial charge in [-0.15, -0.1) is 0 Å². The molecule has 3 N–H and O–H groups in total. The molecular weight excluding hydrogens is 250 g/mol. The number of amides is 1. The van der Waals surface area contributed by atoms with Gasteiger partial charge in [0.15, 0.2) is 0 Å². The highest BCUT2D eigenvalue weighted by molar-refractivity contribution is 5.81. The molecule has 0 aromatic heterocycles. The monoisotopic (exact) mass is 268 g/mol. The molecule has 0 bridgehead atoms. The Kier molecular flexibility index (Phi) is 4.47. The standard InChI is InChI=1S/C14H18F2N2O/c15-10-6-9(7-11(16)8-10)13(14(17)19)18-12-4-2-1-3-5-12/h6-8,12-13,18H,1-5H2,(H2,17,19). The molecule has 1 atom stereocenters. The molecule has 1 fully saturated rings. The molecule has 104 valence electrons. The molecule has 0 spiro atoms. The van der Waals surface area contributed by atoms with Crippen LogP contribution in [0.1, 0.15) is 43.7 Å². The summed E-state index contributed by atoms with van der Waals surface area (Å²) >= 11 is 0. The van der Waals surface area contributed by atoms with Crippen molar-refractivity contribution in [2.45, 2.75) is 44.2 Å². The van der Waals surface area contributed by atoms with Crippen LogP contribution in [0, 0.1) is 11.6 Å². The minimum Gasteiger partial charge on any atom is -0.368 e. The first kappa shape index (κ1) is 13.9.